The summed E-state index contributed by atoms with van der Waals surface area (Å²) < 4.78 is 43.7. The van der Waals surface area contributed by atoms with Gasteiger partial charge in [0.05, 0.1) is 43.6 Å². The van der Waals surface area contributed by atoms with Gasteiger partial charge >= 0.3 is 83.0 Å². The molecule has 0 saturated carbocycles. The molecule has 0 rings (SSSR count). The first-order valence-corrected chi connectivity index (χ1v) is 42.7. The van der Waals surface area contributed by atoms with Gasteiger partial charge in [0.25, 0.3) is 0 Å². The molecule has 0 aliphatic heterocycles. The van der Waals surface area contributed by atoms with E-state index in [0.717, 1.165) is 154 Å². The molecule has 0 aliphatic carbocycles. The van der Waals surface area contributed by atoms with Crippen LogP contribution in [0.25, 0.3) is 0 Å². The summed E-state index contributed by atoms with van der Waals surface area (Å²) in [5.74, 6) is -1.80. The molecule has 0 heterocycles. The average molecular weight is 1470 g/mol. The van der Waals surface area contributed by atoms with Gasteiger partial charge in [0.1, 0.15) is 19.3 Å². The molecule has 0 saturated heterocycles. The third kappa shape index (κ3) is 81.5. The molecule has 15 nitrogen and oxygen atoms in total. The number of aliphatic hydroxyl groups excluding tert-OH is 1. The van der Waals surface area contributed by atoms with Gasteiger partial charge in [-0.2, -0.15) is 0 Å². The van der Waals surface area contributed by atoms with Crippen molar-refractivity contribution in [1.29, 1.82) is 0 Å². The first kappa shape index (κ1) is 104. The van der Waals surface area contributed by atoms with E-state index in [-0.39, 0.29) is 98.0 Å². The minimum absolute atomic E-state index is 0. The molecular formula is C81H148Na2O15P2. The molecule has 0 aromatic heterocycles. The summed E-state index contributed by atoms with van der Waals surface area (Å²) >= 11 is 0. The Morgan fingerprint density at radius 1 is 0.280 bits per heavy atom. The van der Waals surface area contributed by atoms with Crippen LogP contribution in [0, 0.1) is 0 Å². The topological polar surface area (TPSA) is 208 Å². The van der Waals surface area contributed by atoms with Crippen molar-refractivity contribution in [2.75, 3.05) is 39.6 Å². The first-order valence-electron chi connectivity index (χ1n) is 40.5. The first-order chi connectivity index (χ1) is 48.0. The predicted octanol–water partition coefficient (Wildman–Crippen LogP) is 16.7. The van der Waals surface area contributed by atoms with Gasteiger partial charge in [-0.3, -0.25) is 19.2 Å². The van der Waals surface area contributed by atoms with Crippen LogP contribution in [0.3, 0.4) is 0 Å². The molecule has 19 heteroatoms. The number of rotatable bonds is 78. The van der Waals surface area contributed by atoms with Crippen molar-refractivity contribution in [1.82, 2.24) is 0 Å². The van der Waals surface area contributed by atoms with Crippen LogP contribution in [-0.4, -0.2) is 86.9 Å². The molecule has 574 valence electrons. The van der Waals surface area contributed by atoms with Crippen molar-refractivity contribution < 1.29 is 130 Å². The zero-order valence-electron chi connectivity index (χ0n) is 65.2. The van der Waals surface area contributed by atoms with Crippen LogP contribution in [0.1, 0.15) is 387 Å². The van der Waals surface area contributed by atoms with Crippen molar-refractivity contribution in [3.8, 4) is 0 Å². The Hall–Kier alpha value is -0.580. The van der Waals surface area contributed by atoms with Gasteiger partial charge in [0, 0.05) is 25.7 Å². The van der Waals surface area contributed by atoms with Gasteiger partial charge in [-0.15, -0.1) is 0 Å². The number of carbonyl (C=O) groups is 4. The standard InChI is InChI=1S/C81H148O15P2.2Na/c1-5-9-13-17-21-25-29-33-37-41-45-49-53-57-61-65-78(83)89-71-76(95-80(85)67-63-59-55-51-47-43-39-35-31-27-23-19-15-11-7-3)73-93-97(87)91-69-75(82)70-92-98(88)94-74-77(96-81(86)68-64-60-56-52-48-44-40-36-32-28-24-20-16-12-8-4)72-90-79(84)66-62-58-54-50-46-42-38-34-30-26-22-18-14-10-6-2;;/h33-40,75-77,82H,5-32,41-74H2,1-4H3;;/q-2;2*+1/b37-33-,38-34-,39-35-,40-36-;;/t75?,76-,77-,97?,98?;;/m1../s1. The number of carbonyl (C=O) groups excluding carboxylic acids is 4. The fourth-order valence-electron chi connectivity index (χ4n) is 11.3. The smallest absolute Gasteiger partial charge is 0.786 e. The summed E-state index contributed by atoms with van der Waals surface area (Å²) in [6.07, 6.45) is 75.0. The molecule has 0 amide bonds. The van der Waals surface area contributed by atoms with Crippen molar-refractivity contribution in [3.05, 3.63) is 48.6 Å². The van der Waals surface area contributed by atoms with E-state index in [0.29, 0.717) is 25.7 Å². The maximum absolute atomic E-state index is 13.0. The zero-order chi connectivity index (χ0) is 71.4. The van der Waals surface area contributed by atoms with E-state index < -0.39 is 85.8 Å². The van der Waals surface area contributed by atoms with E-state index in [4.69, 9.17) is 37.0 Å². The molecule has 2 unspecified atom stereocenters. The van der Waals surface area contributed by atoms with Crippen LogP contribution in [0.4, 0.5) is 0 Å². The molecule has 0 radical (unpaired) electrons. The van der Waals surface area contributed by atoms with Crippen molar-refractivity contribution >= 4 is 41.1 Å². The fraction of sp³-hybridized carbons (Fsp3) is 0.852. The molecule has 0 fully saturated rings. The molecule has 1 N–H and O–H groups in total. The summed E-state index contributed by atoms with van der Waals surface area (Å²) in [6.45, 7) is 6.55. The Morgan fingerprint density at radius 2 is 0.470 bits per heavy atom. The third-order valence-electron chi connectivity index (χ3n) is 17.5. The summed E-state index contributed by atoms with van der Waals surface area (Å²) in [5.41, 5.74) is 0. The number of aliphatic hydroxyl groups is 1. The molecular weight excluding hydrogens is 1320 g/mol. The maximum Gasteiger partial charge on any atom is 1.00 e. The average Bonchev–Trinajstić information content (AvgIpc) is 1.53. The van der Waals surface area contributed by atoms with E-state index in [9.17, 15) is 34.1 Å². The summed E-state index contributed by atoms with van der Waals surface area (Å²) in [6, 6.07) is 0. The fourth-order valence-corrected chi connectivity index (χ4v) is 12.6. The number of hydrogen-bond donors (Lipinski definition) is 1. The SMILES string of the molecule is CCCCCCCC/C=C\CCCCCCCC(=O)OC[C@H](COP([O-])OCC(O)COP([O-])OC[C@@H](COC(=O)CCCCCCC/C=C\CCCCCCCC)OC(=O)CCCCCCC/C=C\CCCCCCCC)OC(=O)CCCCCCC/C=C\CCCCCCCC.[Na+].[Na+]. The maximum atomic E-state index is 13.0. The van der Waals surface area contributed by atoms with Gasteiger partial charge in [0.2, 0.25) is 0 Å². The van der Waals surface area contributed by atoms with E-state index in [1.807, 2.05) is 0 Å². The normalized spacial score (nSPS) is 13.2. The second kappa shape index (κ2) is 85.7. The van der Waals surface area contributed by atoms with Crippen LogP contribution >= 0.6 is 17.2 Å². The van der Waals surface area contributed by atoms with Crippen LogP contribution in [-0.2, 0) is 56.2 Å². The molecule has 0 spiro atoms. The predicted molar refractivity (Wildman–Crippen MR) is 403 cm³/mol. The van der Waals surface area contributed by atoms with Crippen LogP contribution in [0.15, 0.2) is 48.6 Å². The van der Waals surface area contributed by atoms with E-state index in [2.05, 4.69) is 76.3 Å². The monoisotopic (exact) mass is 1470 g/mol. The van der Waals surface area contributed by atoms with Crippen LogP contribution in [0.2, 0.25) is 0 Å². The molecule has 0 aromatic rings. The molecule has 100 heavy (non-hydrogen) atoms. The quantitative estimate of drug-likeness (QED) is 0.0150. The number of unbranched alkanes of at least 4 members (excludes halogenated alkanes) is 44. The second-order valence-corrected chi connectivity index (χ2v) is 29.1. The van der Waals surface area contributed by atoms with Crippen molar-refractivity contribution in [2.45, 2.75) is 406 Å². The second-order valence-electron chi connectivity index (χ2n) is 27.2. The minimum atomic E-state index is -2.84. The molecule has 0 aliphatic rings. The third-order valence-corrected chi connectivity index (χ3v) is 18.9. The Labute approximate surface area is 659 Å². The van der Waals surface area contributed by atoms with Gasteiger partial charge in [0.15, 0.2) is 12.2 Å². The van der Waals surface area contributed by atoms with E-state index in [1.54, 1.807) is 0 Å². The van der Waals surface area contributed by atoms with Crippen molar-refractivity contribution in [2.24, 2.45) is 0 Å². The van der Waals surface area contributed by atoms with Gasteiger partial charge in [-0.1, -0.05) is 282 Å². The van der Waals surface area contributed by atoms with E-state index in [1.165, 1.54) is 154 Å². The number of ether oxygens (including phenoxy) is 4. The number of esters is 4. The van der Waals surface area contributed by atoms with Gasteiger partial charge in [-0.05, 0) is 128 Å². The minimum Gasteiger partial charge on any atom is -0.786 e. The number of allylic oxidation sites excluding steroid dienone is 8. The Morgan fingerprint density at radius 3 is 0.700 bits per heavy atom. The Kier molecular flexibility index (Phi) is 88.7. The van der Waals surface area contributed by atoms with Crippen molar-refractivity contribution in [3.63, 3.8) is 0 Å². The number of hydrogen-bond acceptors (Lipinski definition) is 15. The zero-order valence-corrected chi connectivity index (χ0v) is 71.0. The Bertz CT molecular complexity index is 1740. The van der Waals surface area contributed by atoms with Crippen LogP contribution in [0.5, 0.6) is 0 Å². The summed E-state index contributed by atoms with van der Waals surface area (Å²) in [4.78, 5) is 77.5. The van der Waals surface area contributed by atoms with E-state index >= 15 is 0 Å². The van der Waals surface area contributed by atoms with Crippen LogP contribution < -0.4 is 68.9 Å². The Balaban J connectivity index is -0.0000470. The molecule has 0 bridgehead atoms. The summed E-state index contributed by atoms with van der Waals surface area (Å²) in [7, 11) is -5.69. The molecule has 0 aromatic carbocycles. The summed E-state index contributed by atoms with van der Waals surface area (Å²) in [5, 5.41) is 10.6. The van der Waals surface area contributed by atoms with Gasteiger partial charge in [-0.25, -0.2) is 0 Å². The largest absolute Gasteiger partial charge is 1.00 e. The van der Waals surface area contributed by atoms with Gasteiger partial charge < -0.3 is 51.9 Å². The molecule has 4 atom stereocenters.